The lowest BCUT2D eigenvalue weighted by Gasteiger charge is -2.36. The average Bonchev–Trinajstić information content (AvgIpc) is 3.48. The Kier molecular flexibility index (Phi) is 7.81. The number of amides is 2. The van der Waals surface area contributed by atoms with Crippen molar-refractivity contribution in [3.63, 3.8) is 0 Å². The van der Waals surface area contributed by atoms with Gasteiger partial charge in [0.1, 0.15) is 12.1 Å². The second-order valence-corrected chi connectivity index (χ2v) is 16.5. The quantitative estimate of drug-likeness (QED) is 0.324. The van der Waals surface area contributed by atoms with Gasteiger partial charge in [-0.25, -0.2) is 14.4 Å². The molecule has 1 saturated heterocycles. The summed E-state index contributed by atoms with van der Waals surface area (Å²) in [5.74, 6) is -0.506. The van der Waals surface area contributed by atoms with Crippen molar-refractivity contribution in [2.24, 2.45) is 0 Å². The molecule has 2 amide bonds. The zero-order valence-corrected chi connectivity index (χ0v) is 24.9. The molecule has 9 heteroatoms. The molecular formula is C29H40N4O4Si. The number of benzene rings is 2. The second kappa shape index (κ2) is 10.6. The fraction of sp³-hybridized carbons (Fsp3) is 0.517. The predicted molar refractivity (Wildman–Crippen MR) is 151 cm³/mol. The van der Waals surface area contributed by atoms with Gasteiger partial charge in [0, 0.05) is 18.9 Å². The largest absolute Gasteiger partial charge is 0.447 e. The van der Waals surface area contributed by atoms with Crippen LogP contribution in [0, 0.1) is 13.8 Å². The van der Waals surface area contributed by atoms with Crippen LogP contribution in [0.15, 0.2) is 30.3 Å². The Labute approximate surface area is 226 Å². The second-order valence-electron chi connectivity index (χ2n) is 11.7. The summed E-state index contributed by atoms with van der Waals surface area (Å²) < 4.78 is 13.5. The number of nitrogens with zero attached hydrogens (tertiary/aromatic N) is 4. The summed E-state index contributed by atoms with van der Waals surface area (Å²) in [5.41, 5.74) is 7.06. The predicted octanol–water partition coefficient (Wildman–Crippen LogP) is 6.09. The molecule has 2 aromatic carbocycles. The van der Waals surface area contributed by atoms with Crippen molar-refractivity contribution >= 4 is 31.4 Å². The van der Waals surface area contributed by atoms with E-state index in [1.54, 1.807) is 0 Å². The van der Waals surface area contributed by atoms with E-state index >= 15 is 0 Å². The maximum Gasteiger partial charge on any atom is 0.416 e. The van der Waals surface area contributed by atoms with Gasteiger partial charge < -0.3 is 9.16 Å². The molecule has 38 heavy (non-hydrogen) atoms. The summed E-state index contributed by atoms with van der Waals surface area (Å²) in [6.07, 6.45) is -0.422. The lowest BCUT2D eigenvalue weighted by atomic mass is 9.84. The zero-order valence-electron chi connectivity index (χ0n) is 23.9. The molecule has 0 radical (unpaired) electrons. The molecule has 1 aromatic heterocycles. The van der Waals surface area contributed by atoms with Crippen LogP contribution < -0.4 is 0 Å². The van der Waals surface area contributed by atoms with Gasteiger partial charge in [-0.1, -0.05) is 50.3 Å². The van der Waals surface area contributed by atoms with E-state index in [2.05, 4.69) is 75.4 Å². The van der Waals surface area contributed by atoms with Crippen LogP contribution in [-0.2, 0) is 27.1 Å². The van der Waals surface area contributed by atoms with E-state index in [4.69, 9.17) is 9.16 Å². The standard InChI is InChI=1S/C29H40N4O4Si/c1-9-33-25-13-12-23(20(3)27(25)30-31-33)24(17-26(34)32-14-15-36-28(32)35)21-11-10-19(2)22(16-21)18-37-38(7,8)29(4,5)6/h10-13,16,24H,9,14-15,17-18H2,1-8H3/t24-/m0/s1. The maximum absolute atomic E-state index is 13.3. The molecule has 0 aliphatic carbocycles. The Balaban J connectivity index is 1.75. The van der Waals surface area contributed by atoms with Crippen LogP contribution in [0.4, 0.5) is 4.79 Å². The first-order valence-corrected chi connectivity index (χ1v) is 16.3. The van der Waals surface area contributed by atoms with Crippen LogP contribution in [0.2, 0.25) is 18.1 Å². The number of rotatable bonds is 8. The van der Waals surface area contributed by atoms with E-state index in [0.717, 1.165) is 45.4 Å². The number of cyclic esters (lactones) is 1. The first-order chi connectivity index (χ1) is 17.8. The molecular weight excluding hydrogens is 496 g/mol. The minimum atomic E-state index is -1.94. The Morgan fingerprint density at radius 2 is 1.92 bits per heavy atom. The van der Waals surface area contributed by atoms with Crippen molar-refractivity contribution in [3.05, 3.63) is 58.1 Å². The number of carbonyl (C=O) groups excluding carboxylic acids is 2. The highest BCUT2D eigenvalue weighted by Crippen LogP contribution is 2.38. The van der Waals surface area contributed by atoms with Gasteiger partial charge in [0.2, 0.25) is 5.91 Å². The summed E-state index contributed by atoms with van der Waals surface area (Å²) in [4.78, 5) is 26.7. The van der Waals surface area contributed by atoms with Gasteiger partial charge in [-0.2, -0.15) is 0 Å². The minimum absolute atomic E-state index is 0.111. The summed E-state index contributed by atoms with van der Waals surface area (Å²) >= 11 is 0. The van der Waals surface area contributed by atoms with E-state index in [9.17, 15) is 9.59 Å². The molecule has 2 heterocycles. The SMILES string of the molecule is CCn1nnc2c(C)c([C@@H](CC(=O)N3CCOC3=O)c3ccc(C)c(CO[Si](C)(C)C(C)(C)C)c3)ccc21. The van der Waals surface area contributed by atoms with E-state index in [-0.39, 0.29) is 36.4 Å². The van der Waals surface area contributed by atoms with Gasteiger partial charge in [-0.3, -0.25) is 4.79 Å². The summed E-state index contributed by atoms with van der Waals surface area (Å²) in [6.45, 7) is 19.2. The number of fused-ring (bicyclic) bond motifs is 1. The van der Waals surface area contributed by atoms with Crippen LogP contribution in [0.1, 0.15) is 67.9 Å². The van der Waals surface area contributed by atoms with Crippen molar-refractivity contribution in [1.82, 2.24) is 19.9 Å². The van der Waals surface area contributed by atoms with Crippen molar-refractivity contribution in [3.8, 4) is 0 Å². The highest BCUT2D eigenvalue weighted by Gasteiger charge is 2.37. The number of hydrogen-bond donors (Lipinski definition) is 0. The Morgan fingerprint density at radius 3 is 2.55 bits per heavy atom. The van der Waals surface area contributed by atoms with Gasteiger partial charge in [0.15, 0.2) is 8.32 Å². The van der Waals surface area contributed by atoms with E-state index in [1.807, 2.05) is 24.6 Å². The molecule has 0 spiro atoms. The molecule has 204 valence electrons. The molecule has 3 aromatic rings. The normalized spacial score (nSPS) is 15.3. The van der Waals surface area contributed by atoms with Gasteiger partial charge in [-0.05, 0) is 72.8 Å². The number of hydrogen-bond acceptors (Lipinski definition) is 6. The van der Waals surface area contributed by atoms with Crippen LogP contribution in [-0.4, -0.2) is 53.4 Å². The van der Waals surface area contributed by atoms with Gasteiger partial charge in [0.05, 0.1) is 18.7 Å². The molecule has 0 unspecified atom stereocenters. The van der Waals surface area contributed by atoms with Gasteiger partial charge in [0.25, 0.3) is 0 Å². The van der Waals surface area contributed by atoms with Crippen LogP contribution in [0.3, 0.4) is 0 Å². The average molecular weight is 537 g/mol. The molecule has 4 rings (SSSR count). The lowest BCUT2D eigenvalue weighted by Crippen LogP contribution is -2.40. The van der Waals surface area contributed by atoms with Crippen LogP contribution >= 0.6 is 0 Å². The molecule has 8 nitrogen and oxygen atoms in total. The van der Waals surface area contributed by atoms with E-state index < -0.39 is 14.4 Å². The smallest absolute Gasteiger partial charge is 0.416 e. The van der Waals surface area contributed by atoms with Crippen molar-refractivity contribution in [2.75, 3.05) is 13.2 Å². The Bertz CT molecular complexity index is 1360. The number of imide groups is 1. The topological polar surface area (TPSA) is 86.5 Å². The summed E-state index contributed by atoms with van der Waals surface area (Å²) in [7, 11) is -1.94. The lowest BCUT2D eigenvalue weighted by molar-refractivity contribution is -0.128. The summed E-state index contributed by atoms with van der Waals surface area (Å²) in [5, 5.41) is 8.84. The molecule has 1 fully saturated rings. The first kappa shape index (κ1) is 28.0. The van der Waals surface area contributed by atoms with Gasteiger partial charge >= 0.3 is 6.09 Å². The zero-order chi connectivity index (χ0) is 27.8. The molecule has 0 N–H and O–H groups in total. The summed E-state index contributed by atoms with van der Waals surface area (Å²) in [6, 6.07) is 10.4. The number of ether oxygens (including phenoxy) is 1. The highest BCUT2D eigenvalue weighted by molar-refractivity contribution is 6.74. The molecule has 0 bridgehead atoms. The van der Waals surface area contributed by atoms with Gasteiger partial charge in [-0.15, -0.1) is 5.10 Å². The minimum Gasteiger partial charge on any atom is -0.447 e. The van der Waals surface area contributed by atoms with E-state index in [1.165, 1.54) is 4.90 Å². The number of carbonyl (C=O) groups is 2. The number of aryl methyl sites for hydroxylation is 3. The monoisotopic (exact) mass is 536 g/mol. The molecule has 0 saturated carbocycles. The van der Waals surface area contributed by atoms with Crippen LogP contribution in [0.25, 0.3) is 11.0 Å². The fourth-order valence-corrected chi connectivity index (χ4v) is 5.59. The first-order valence-electron chi connectivity index (χ1n) is 13.4. The molecule has 1 aliphatic heterocycles. The number of aromatic nitrogens is 3. The Hall–Kier alpha value is -3.04. The third-order valence-corrected chi connectivity index (χ3v) is 12.7. The fourth-order valence-electron chi connectivity index (χ4n) is 4.64. The molecule has 1 atom stereocenters. The van der Waals surface area contributed by atoms with Crippen molar-refractivity contribution < 1.29 is 18.8 Å². The third kappa shape index (κ3) is 5.40. The highest BCUT2D eigenvalue weighted by atomic mass is 28.4. The van der Waals surface area contributed by atoms with E-state index in [0.29, 0.717) is 6.61 Å². The Morgan fingerprint density at radius 1 is 1.18 bits per heavy atom. The third-order valence-electron chi connectivity index (χ3n) is 8.27. The molecule has 1 aliphatic rings. The maximum atomic E-state index is 13.3. The van der Waals surface area contributed by atoms with Crippen LogP contribution in [0.5, 0.6) is 0 Å². The van der Waals surface area contributed by atoms with Crippen molar-refractivity contribution in [1.29, 1.82) is 0 Å². The van der Waals surface area contributed by atoms with Crippen molar-refractivity contribution in [2.45, 2.75) is 85.2 Å².